The van der Waals surface area contributed by atoms with Crippen molar-refractivity contribution in [2.24, 2.45) is 9.98 Å². The summed E-state index contributed by atoms with van der Waals surface area (Å²) in [5, 5.41) is 0. The first kappa shape index (κ1) is 6.22. The summed E-state index contributed by atoms with van der Waals surface area (Å²) >= 11 is 0. The van der Waals surface area contributed by atoms with E-state index >= 15 is 0 Å². The van der Waals surface area contributed by atoms with E-state index in [2.05, 4.69) is 9.98 Å². The summed E-state index contributed by atoms with van der Waals surface area (Å²) < 4.78 is 0. The van der Waals surface area contributed by atoms with Crippen LogP contribution in [0, 0.1) is 0 Å². The molecule has 0 aliphatic carbocycles. The van der Waals surface area contributed by atoms with E-state index in [9.17, 15) is 4.79 Å². The molecule has 0 saturated carbocycles. The summed E-state index contributed by atoms with van der Waals surface area (Å²) in [6.07, 6.45) is 8.27. The van der Waals surface area contributed by atoms with Crippen LogP contribution in [0.25, 0.3) is 0 Å². The molecule has 2 heterocycles. The Morgan fingerprint density at radius 1 is 1.45 bits per heavy atom. The molecule has 0 aromatic carbocycles. The summed E-state index contributed by atoms with van der Waals surface area (Å²) in [6, 6.07) is -0.322. The highest BCUT2D eigenvalue weighted by Crippen LogP contribution is 2.15. The van der Waals surface area contributed by atoms with E-state index in [1.807, 2.05) is 6.08 Å². The molecule has 2 aliphatic rings. The third-order valence-electron chi connectivity index (χ3n) is 1.62. The lowest BCUT2D eigenvalue weighted by Gasteiger charge is -2.14. The molecular formula is C8H6N2O. The fourth-order valence-electron chi connectivity index (χ4n) is 1.09. The van der Waals surface area contributed by atoms with Crippen LogP contribution in [0.4, 0.5) is 0 Å². The second kappa shape index (κ2) is 2.27. The van der Waals surface area contributed by atoms with Crippen LogP contribution in [0.3, 0.4) is 0 Å². The zero-order valence-corrected chi connectivity index (χ0v) is 5.77. The quantitative estimate of drug-likeness (QED) is 0.491. The first-order chi connectivity index (χ1) is 5.38. The SMILES string of the molecule is O=C1C=NC=C2C=CC=NC12. The van der Waals surface area contributed by atoms with Gasteiger partial charge in [-0.05, 0) is 6.08 Å². The average Bonchev–Trinajstić information content (AvgIpc) is 2.06. The van der Waals surface area contributed by atoms with Gasteiger partial charge in [-0.3, -0.25) is 14.8 Å². The normalized spacial score (nSPS) is 26.7. The number of ketones is 1. The Labute approximate surface area is 63.9 Å². The summed E-state index contributed by atoms with van der Waals surface area (Å²) in [7, 11) is 0. The molecule has 2 rings (SSSR count). The smallest absolute Gasteiger partial charge is 0.202 e. The fourth-order valence-corrected chi connectivity index (χ4v) is 1.09. The van der Waals surface area contributed by atoms with Gasteiger partial charge in [-0.25, -0.2) is 0 Å². The van der Waals surface area contributed by atoms with Gasteiger partial charge in [-0.1, -0.05) is 6.08 Å². The minimum Gasteiger partial charge on any atom is -0.290 e. The minimum atomic E-state index is -0.322. The van der Waals surface area contributed by atoms with Gasteiger partial charge in [0.25, 0.3) is 0 Å². The molecule has 11 heavy (non-hydrogen) atoms. The Kier molecular flexibility index (Phi) is 1.28. The van der Waals surface area contributed by atoms with Crippen LogP contribution in [0.15, 0.2) is 33.9 Å². The summed E-state index contributed by atoms with van der Waals surface area (Å²) in [6.45, 7) is 0. The third kappa shape index (κ3) is 0.941. The Hall–Kier alpha value is -1.51. The van der Waals surface area contributed by atoms with Gasteiger partial charge in [0.2, 0.25) is 5.78 Å². The fraction of sp³-hybridized carbons (Fsp3) is 0.125. The highest BCUT2D eigenvalue weighted by molar-refractivity contribution is 6.32. The largest absolute Gasteiger partial charge is 0.290 e. The van der Waals surface area contributed by atoms with E-state index in [1.165, 1.54) is 6.21 Å². The van der Waals surface area contributed by atoms with Crippen LogP contribution >= 0.6 is 0 Å². The lowest BCUT2D eigenvalue weighted by Crippen LogP contribution is -2.25. The number of nitrogens with zero attached hydrogens (tertiary/aromatic N) is 2. The van der Waals surface area contributed by atoms with Gasteiger partial charge in [0.15, 0.2) is 0 Å². The number of aliphatic imine (C=N–C) groups is 2. The van der Waals surface area contributed by atoms with Crippen molar-refractivity contribution in [1.29, 1.82) is 0 Å². The van der Waals surface area contributed by atoms with Crippen molar-refractivity contribution >= 4 is 18.2 Å². The highest BCUT2D eigenvalue weighted by atomic mass is 16.1. The van der Waals surface area contributed by atoms with Crippen molar-refractivity contribution in [3.63, 3.8) is 0 Å². The second-order valence-corrected chi connectivity index (χ2v) is 2.37. The molecule has 54 valence electrons. The summed E-state index contributed by atoms with van der Waals surface area (Å²) in [5.41, 5.74) is 0.875. The van der Waals surface area contributed by atoms with Crippen molar-refractivity contribution in [3.8, 4) is 0 Å². The Morgan fingerprint density at radius 3 is 3.18 bits per heavy atom. The zero-order chi connectivity index (χ0) is 7.68. The molecule has 0 aromatic heterocycles. The molecule has 1 unspecified atom stereocenters. The van der Waals surface area contributed by atoms with Crippen LogP contribution < -0.4 is 0 Å². The number of hydrogen-bond donors (Lipinski definition) is 0. The van der Waals surface area contributed by atoms with Crippen LogP contribution in [-0.4, -0.2) is 24.3 Å². The topological polar surface area (TPSA) is 41.8 Å². The molecule has 3 nitrogen and oxygen atoms in total. The van der Waals surface area contributed by atoms with Crippen molar-refractivity contribution in [2.45, 2.75) is 6.04 Å². The number of allylic oxidation sites excluding steroid dienone is 1. The minimum absolute atomic E-state index is 0.0388. The summed E-state index contributed by atoms with van der Waals surface area (Å²) in [5.74, 6) is -0.0388. The first-order valence-corrected chi connectivity index (χ1v) is 3.35. The van der Waals surface area contributed by atoms with Gasteiger partial charge in [0, 0.05) is 18.0 Å². The molecule has 3 heteroatoms. The molecule has 0 saturated heterocycles. The first-order valence-electron chi connectivity index (χ1n) is 3.35. The van der Waals surface area contributed by atoms with E-state index in [0.717, 1.165) is 5.57 Å². The molecule has 0 amide bonds. The molecular weight excluding hydrogens is 140 g/mol. The van der Waals surface area contributed by atoms with Gasteiger partial charge in [0.05, 0.1) is 6.21 Å². The van der Waals surface area contributed by atoms with Gasteiger partial charge >= 0.3 is 0 Å². The Balaban J connectivity index is 2.43. The van der Waals surface area contributed by atoms with Crippen LogP contribution in [0.2, 0.25) is 0 Å². The van der Waals surface area contributed by atoms with Gasteiger partial charge in [-0.2, -0.15) is 0 Å². The van der Waals surface area contributed by atoms with Crippen LogP contribution in [0.1, 0.15) is 0 Å². The van der Waals surface area contributed by atoms with E-state index in [1.54, 1.807) is 18.5 Å². The molecule has 0 fully saturated rings. The van der Waals surface area contributed by atoms with Gasteiger partial charge in [0.1, 0.15) is 6.04 Å². The number of rotatable bonds is 0. The lowest BCUT2D eigenvalue weighted by molar-refractivity contribution is -0.112. The van der Waals surface area contributed by atoms with Crippen molar-refractivity contribution in [1.82, 2.24) is 0 Å². The van der Waals surface area contributed by atoms with Crippen molar-refractivity contribution in [2.75, 3.05) is 0 Å². The third-order valence-corrected chi connectivity index (χ3v) is 1.62. The number of fused-ring (bicyclic) bond motifs is 1. The summed E-state index contributed by atoms with van der Waals surface area (Å²) in [4.78, 5) is 18.9. The van der Waals surface area contributed by atoms with Crippen LogP contribution in [0.5, 0.6) is 0 Å². The molecule has 0 N–H and O–H groups in total. The van der Waals surface area contributed by atoms with Gasteiger partial charge < -0.3 is 0 Å². The maximum absolute atomic E-state index is 11.1. The highest BCUT2D eigenvalue weighted by Gasteiger charge is 2.21. The van der Waals surface area contributed by atoms with Crippen molar-refractivity contribution in [3.05, 3.63) is 23.9 Å². The molecule has 1 atom stereocenters. The molecule has 0 radical (unpaired) electrons. The molecule has 0 bridgehead atoms. The number of carbonyl (C=O) groups excluding carboxylic acids is 1. The maximum Gasteiger partial charge on any atom is 0.202 e. The van der Waals surface area contributed by atoms with Crippen LogP contribution in [-0.2, 0) is 4.79 Å². The lowest BCUT2D eigenvalue weighted by atomic mass is 10.0. The monoisotopic (exact) mass is 146 g/mol. The van der Waals surface area contributed by atoms with E-state index in [0.29, 0.717) is 0 Å². The average molecular weight is 146 g/mol. The standard InChI is InChI=1S/C8H6N2O/c11-7-5-9-4-6-2-1-3-10-8(6)7/h1-5,8H. The Morgan fingerprint density at radius 2 is 2.36 bits per heavy atom. The van der Waals surface area contributed by atoms with Gasteiger partial charge in [-0.15, -0.1) is 0 Å². The number of Topliss-reactive ketones (excluding diaryl/α,β-unsaturated/α-hetero) is 1. The van der Waals surface area contributed by atoms with E-state index < -0.39 is 0 Å². The zero-order valence-electron chi connectivity index (χ0n) is 5.77. The maximum atomic E-state index is 11.1. The second-order valence-electron chi connectivity index (χ2n) is 2.37. The molecule has 0 aromatic rings. The Bertz CT molecular complexity index is 310. The number of carbonyl (C=O) groups is 1. The van der Waals surface area contributed by atoms with E-state index in [4.69, 9.17) is 0 Å². The predicted molar refractivity (Wildman–Crippen MR) is 43.0 cm³/mol. The van der Waals surface area contributed by atoms with E-state index in [-0.39, 0.29) is 11.8 Å². The predicted octanol–water partition coefficient (Wildman–Crippen LogP) is 0.533. The molecule has 0 spiro atoms. The van der Waals surface area contributed by atoms with Crippen molar-refractivity contribution < 1.29 is 4.79 Å². The number of dihydropyridines is 1. The number of hydrogen-bond acceptors (Lipinski definition) is 3. The molecule has 2 aliphatic heterocycles.